The topological polar surface area (TPSA) is 71.6 Å². The first kappa shape index (κ1) is 20.5. The minimum atomic E-state index is -0.379. The molecule has 1 aromatic carbocycles. The molecule has 0 bridgehead atoms. The second-order valence-corrected chi connectivity index (χ2v) is 8.86. The van der Waals surface area contributed by atoms with E-state index in [0.29, 0.717) is 19.6 Å². The van der Waals surface area contributed by atoms with E-state index in [1.54, 1.807) is 16.1 Å². The van der Waals surface area contributed by atoms with Crippen LogP contribution < -0.4 is 4.90 Å². The second kappa shape index (κ2) is 8.30. The van der Waals surface area contributed by atoms with Crippen molar-refractivity contribution in [1.82, 2.24) is 14.7 Å². The SMILES string of the molecule is Cc1ccc(N2CC(C(=O)N(Cc3ccco3)Cc3nn(C)c4c3CCC4)CC2=O)cc1. The Hall–Kier alpha value is -3.35. The highest BCUT2D eigenvalue weighted by molar-refractivity contribution is 6.00. The summed E-state index contributed by atoms with van der Waals surface area (Å²) in [5, 5.41) is 4.71. The van der Waals surface area contributed by atoms with E-state index in [2.05, 4.69) is 0 Å². The van der Waals surface area contributed by atoms with E-state index in [1.165, 1.54) is 11.3 Å². The van der Waals surface area contributed by atoms with Crippen molar-refractivity contribution in [1.29, 1.82) is 0 Å². The van der Waals surface area contributed by atoms with Gasteiger partial charge in [-0.25, -0.2) is 0 Å². The molecule has 1 aliphatic heterocycles. The molecule has 1 saturated heterocycles. The normalized spacial score (nSPS) is 17.8. The fourth-order valence-corrected chi connectivity index (χ4v) is 4.91. The molecule has 32 heavy (non-hydrogen) atoms. The maximum absolute atomic E-state index is 13.6. The minimum Gasteiger partial charge on any atom is -0.467 e. The Morgan fingerprint density at radius 1 is 1.19 bits per heavy atom. The number of rotatable bonds is 6. The number of aryl methyl sites for hydroxylation is 2. The molecule has 2 aliphatic rings. The molecule has 0 N–H and O–H groups in total. The van der Waals surface area contributed by atoms with Crippen LogP contribution in [0.1, 0.15) is 41.1 Å². The molecule has 1 atom stereocenters. The van der Waals surface area contributed by atoms with Gasteiger partial charge in [-0.2, -0.15) is 5.10 Å². The lowest BCUT2D eigenvalue weighted by molar-refractivity contribution is -0.137. The summed E-state index contributed by atoms with van der Waals surface area (Å²) in [6, 6.07) is 11.6. The number of amides is 2. The summed E-state index contributed by atoms with van der Waals surface area (Å²) in [5.41, 5.74) is 5.48. The molecular weight excluding hydrogens is 404 g/mol. The Balaban J connectivity index is 1.38. The van der Waals surface area contributed by atoms with E-state index in [4.69, 9.17) is 9.52 Å². The third-order valence-corrected chi connectivity index (χ3v) is 6.60. The molecule has 3 aromatic rings. The highest BCUT2D eigenvalue weighted by Crippen LogP contribution is 2.29. The van der Waals surface area contributed by atoms with Gasteiger partial charge in [-0.05, 0) is 56.0 Å². The van der Waals surface area contributed by atoms with Gasteiger partial charge in [-0.3, -0.25) is 14.3 Å². The fraction of sp³-hybridized carbons (Fsp3) is 0.400. The zero-order chi connectivity index (χ0) is 22.2. The van der Waals surface area contributed by atoms with Gasteiger partial charge in [0, 0.05) is 31.4 Å². The molecular formula is C25H28N4O3. The lowest BCUT2D eigenvalue weighted by atomic mass is 10.1. The van der Waals surface area contributed by atoms with Crippen LogP contribution in [0.5, 0.6) is 0 Å². The van der Waals surface area contributed by atoms with Crippen LogP contribution in [0.25, 0.3) is 0 Å². The summed E-state index contributed by atoms with van der Waals surface area (Å²) in [5.74, 6) is 0.312. The van der Waals surface area contributed by atoms with Crippen LogP contribution in [0, 0.1) is 12.8 Å². The van der Waals surface area contributed by atoms with Crippen LogP contribution >= 0.6 is 0 Å². The highest BCUT2D eigenvalue weighted by Gasteiger charge is 2.38. The number of anilines is 1. The molecule has 7 nitrogen and oxygen atoms in total. The summed E-state index contributed by atoms with van der Waals surface area (Å²) in [6.07, 6.45) is 5.01. The van der Waals surface area contributed by atoms with Gasteiger partial charge < -0.3 is 14.2 Å². The summed E-state index contributed by atoms with van der Waals surface area (Å²) < 4.78 is 7.49. The van der Waals surface area contributed by atoms with Crippen LogP contribution in [0.4, 0.5) is 5.69 Å². The molecule has 166 valence electrons. The molecule has 3 heterocycles. The van der Waals surface area contributed by atoms with E-state index < -0.39 is 0 Å². The number of hydrogen-bond acceptors (Lipinski definition) is 4. The third kappa shape index (κ3) is 3.83. The predicted octanol–water partition coefficient (Wildman–Crippen LogP) is 3.39. The Morgan fingerprint density at radius 2 is 2.00 bits per heavy atom. The van der Waals surface area contributed by atoms with Gasteiger partial charge >= 0.3 is 0 Å². The number of nitrogens with zero attached hydrogens (tertiary/aromatic N) is 4. The highest BCUT2D eigenvalue weighted by atomic mass is 16.3. The zero-order valence-electron chi connectivity index (χ0n) is 18.6. The van der Waals surface area contributed by atoms with E-state index in [1.807, 2.05) is 55.1 Å². The summed E-state index contributed by atoms with van der Waals surface area (Å²) >= 11 is 0. The number of carbonyl (C=O) groups excluding carboxylic acids is 2. The number of aromatic nitrogens is 2. The molecule has 7 heteroatoms. The number of hydrogen-bond donors (Lipinski definition) is 0. The lowest BCUT2D eigenvalue weighted by Gasteiger charge is -2.24. The standard InChI is InChI=1S/C25H28N4O3/c1-17-8-10-19(11-9-17)29-14-18(13-24(29)30)25(31)28(15-20-5-4-12-32-20)16-22-21-6-3-7-23(21)27(2)26-22/h4-5,8-12,18H,3,6-7,13-16H2,1-2H3. The summed E-state index contributed by atoms with van der Waals surface area (Å²) in [7, 11) is 1.97. The molecule has 0 radical (unpaired) electrons. The molecule has 2 aromatic heterocycles. The fourth-order valence-electron chi connectivity index (χ4n) is 4.91. The van der Waals surface area contributed by atoms with E-state index in [-0.39, 0.29) is 24.2 Å². The van der Waals surface area contributed by atoms with Gasteiger partial charge in [0.1, 0.15) is 5.76 Å². The smallest absolute Gasteiger partial charge is 0.228 e. The first-order chi connectivity index (χ1) is 15.5. The molecule has 5 rings (SSSR count). The first-order valence-electron chi connectivity index (χ1n) is 11.2. The van der Waals surface area contributed by atoms with Crippen LogP contribution in [0.15, 0.2) is 47.1 Å². The molecule has 0 spiro atoms. The average Bonchev–Trinajstić information content (AvgIpc) is 3.56. The van der Waals surface area contributed by atoms with Crippen molar-refractivity contribution in [3.8, 4) is 0 Å². The van der Waals surface area contributed by atoms with Crippen LogP contribution in [0.3, 0.4) is 0 Å². The van der Waals surface area contributed by atoms with Gasteiger partial charge in [-0.1, -0.05) is 17.7 Å². The first-order valence-corrected chi connectivity index (χ1v) is 11.2. The summed E-state index contributed by atoms with van der Waals surface area (Å²) in [4.78, 5) is 29.9. The molecule has 0 saturated carbocycles. The number of benzene rings is 1. The van der Waals surface area contributed by atoms with Crippen molar-refractivity contribution in [3.63, 3.8) is 0 Å². The van der Waals surface area contributed by atoms with Crippen LogP contribution in [0.2, 0.25) is 0 Å². The van der Waals surface area contributed by atoms with Crippen molar-refractivity contribution < 1.29 is 14.0 Å². The number of carbonyl (C=O) groups is 2. The molecule has 1 aliphatic carbocycles. The quantitative estimate of drug-likeness (QED) is 0.599. The Kier molecular flexibility index (Phi) is 5.33. The van der Waals surface area contributed by atoms with Gasteiger partial charge in [0.15, 0.2) is 0 Å². The molecule has 2 amide bonds. The van der Waals surface area contributed by atoms with Crippen molar-refractivity contribution in [2.24, 2.45) is 13.0 Å². The predicted molar refractivity (Wildman–Crippen MR) is 120 cm³/mol. The van der Waals surface area contributed by atoms with Crippen LogP contribution in [-0.2, 0) is 42.6 Å². The second-order valence-electron chi connectivity index (χ2n) is 8.86. The van der Waals surface area contributed by atoms with Gasteiger partial charge in [0.25, 0.3) is 0 Å². The van der Waals surface area contributed by atoms with E-state index >= 15 is 0 Å². The largest absolute Gasteiger partial charge is 0.467 e. The van der Waals surface area contributed by atoms with Crippen molar-refractivity contribution >= 4 is 17.5 Å². The van der Waals surface area contributed by atoms with Gasteiger partial charge in [-0.15, -0.1) is 0 Å². The molecule has 1 unspecified atom stereocenters. The maximum atomic E-state index is 13.6. The van der Waals surface area contributed by atoms with Gasteiger partial charge in [0.2, 0.25) is 11.8 Å². The minimum absolute atomic E-state index is 0.0103. The number of furan rings is 1. The Labute approximate surface area is 187 Å². The monoisotopic (exact) mass is 432 g/mol. The van der Waals surface area contributed by atoms with Gasteiger partial charge in [0.05, 0.1) is 31.0 Å². The van der Waals surface area contributed by atoms with Crippen molar-refractivity contribution in [2.75, 3.05) is 11.4 Å². The Morgan fingerprint density at radius 3 is 2.75 bits per heavy atom. The average molecular weight is 433 g/mol. The Bertz CT molecular complexity index is 1130. The van der Waals surface area contributed by atoms with E-state index in [0.717, 1.165) is 42.0 Å². The third-order valence-electron chi connectivity index (χ3n) is 6.60. The number of fused-ring (bicyclic) bond motifs is 1. The maximum Gasteiger partial charge on any atom is 0.228 e. The zero-order valence-corrected chi connectivity index (χ0v) is 18.6. The lowest BCUT2D eigenvalue weighted by Crippen LogP contribution is -2.37. The summed E-state index contributed by atoms with van der Waals surface area (Å²) in [6.45, 7) is 3.21. The van der Waals surface area contributed by atoms with Crippen molar-refractivity contribution in [3.05, 3.63) is 70.9 Å². The van der Waals surface area contributed by atoms with E-state index in [9.17, 15) is 9.59 Å². The van der Waals surface area contributed by atoms with Crippen molar-refractivity contribution in [2.45, 2.75) is 45.7 Å². The van der Waals surface area contributed by atoms with Crippen LogP contribution in [-0.4, -0.2) is 33.0 Å². The molecule has 1 fully saturated rings.